The van der Waals surface area contributed by atoms with Crippen molar-refractivity contribution in [3.63, 3.8) is 0 Å². The quantitative estimate of drug-likeness (QED) is 0.346. The Hall–Kier alpha value is -2.99. The van der Waals surface area contributed by atoms with Gasteiger partial charge in [-0.1, -0.05) is 18.2 Å². The summed E-state index contributed by atoms with van der Waals surface area (Å²) in [7, 11) is 0. The number of aromatic hydroxyl groups is 1. The van der Waals surface area contributed by atoms with E-state index in [0.717, 1.165) is 47.3 Å². The molecule has 6 rings (SSSR count). The molecule has 3 aromatic rings. The molecule has 6 heteroatoms. The number of aromatic nitrogens is 1. The lowest BCUT2D eigenvalue weighted by atomic mass is 9.83. The molecule has 1 amide bonds. The molecule has 214 valence electrons. The molecule has 0 bridgehead atoms. The minimum atomic E-state index is -0.875. The molecule has 3 N–H and O–H groups in total. The lowest BCUT2D eigenvalue weighted by Crippen LogP contribution is -2.54. The fourth-order valence-corrected chi connectivity index (χ4v) is 7.46. The molecule has 2 aromatic carbocycles. The zero-order chi connectivity index (χ0) is 28.0. The summed E-state index contributed by atoms with van der Waals surface area (Å²) >= 11 is 0. The number of amides is 1. The summed E-state index contributed by atoms with van der Waals surface area (Å²) < 4.78 is 6.42. The molecule has 3 aliphatic rings. The van der Waals surface area contributed by atoms with E-state index in [1.807, 2.05) is 27.7 Å². The van der Waals surface area contributed by atoms with Crippen LogP contribution in [0.5, 0.6) is 11.5 Å². The van der Waals surface area contributed by atoms with E-state index in [4.69, 9.17) is 4.74 Å². The number of ether oxygens (including phenoxy) is 1. The van der Waals surface area contributed by atoms with Crippen LogP contribution in [0.2, 0.25) is 0 Å². The van der Waals surface area contributed by atoms with Gasteiger partial charge in [0.15, 0.2) is 5.60 Å². The van der Waals surface area contributed by atoms with Crippen LogP contribution in [0.3, 0.4) is 0 Å². The van der Waals surface area contributed by atoms with E-state index in [2.05, 4.69) is 45.7 Å². The lowest BCUT2D eigenvalue weighted by molar-refractivity contribution is -0.138. The van der Waals surface area contributed by atoms with Crippen LogP contribution in [0.15, 0.2) is 30.5 Å². The Bertz CT molecular complexity index is 1400. The number of aromatic amines is 1. The molecular formula is C34H45N3O3. The third kappa shape index (κ3) is 5.00. The third-order valence-electron chi connectivity index (χ3n) is 10.3. The van der Waals surface area contributed by atoms with Crippen molar-refractivity contribution < 1.29 is 14.6 Å². The molecule has 1 aromatic heterocycles. The van der Waals surface area contributed by atoms with E-state index in [1.54, 1.807) is 0 Å². The molecule has 2 aliphatic heterocycles. The summed E-state index contributed by atoms with van der Waals surface area (Å²) in [6.07, 6.45) is 10.5. The molecule has 3 heterocycles. The van der Waals surface area contributed by atoms with E-state index >= 15 is 0 Å². The molecule has 1 saturated heterocycles. The van der Waals surface area contributed by atoms with Gasteiger partial charge >= 0.3 is 0 Å². The first-order valence-electron chi connectivity index (χ1n) is 15.3. The van der Waals surface area contributed by atoms with Crippen LogP contribution in [-0.4, -0.2) is 52.2 Å². The highest BCUT2D eigenvalue weighted by molar-refractivity contribution is 5.86. The molecule has 40 heavy (non-hydrogen) atoms. The molecule has 0 spiro atoms. The van der Waals surface area contributed by atoms with E-state index in [-0.39, 0.29) is 11.9 Å². The van der Waals surface area contributed by atoms with Crippen molar-refractivity contribution in [2.75, 3.05) is 19.6 Å². The number of H-pyrrole nitrogens is 1. The van der Waals surface area contributed by atoms with Gasteiger partial charge in [0, 0.05) is 41.7 Å². The Morgan fingerprint density at radius 3 is 2.52 bits per heavy atom. The van der Waals surface area contributed by atoms with Gasteiger partial charge in [-0.15, -0.1) is 0 Å². The van der Waals surface area contributed by atoms with E-state index < -0.39 is 5.60 Å². The highest BCUT2D eigenvalue weighted by Crippen LogP contribution is 2.43. The molecule has 1 aliphatic carbocycles. The van der Waals surface area contributed by atoms with Crippen molar-refractivity contribution in [3.8, 4) is 11.5 Å². The SMILES string of the molecule is Cc1c(C)c2c(c(C)c1O)CC[C@@](C)(C(=O)NC1CCC(CN3CCC(c4c[nH]c5ccccc45)CC3)CC1)O2. The number of fused-ring (bicyclic) bond motifs is 2. The molecule has 6 nitrogen and oxygen atoms in total. The first-order chi connectivity index (χ1) is 19.2. The number of phenols is 1. The fraction of sp³-hybridized carbons (Fsp3) is 0.559. The Balaban J connectivity index is 0.982. The topological polar surface area (TPSA) is 77.6 Å². The van der Waals surface area contributed by atoms with Crippen LogP contribution in [0.4, 0.5) is 0 Å². The number of nitrogens with one attached hydrogen (secondary N) is 2. The van der Waals surface area contributed by atoms with Gasteiger partial charge in [0.25, 0.3) is 5.91 Å². The van der Waals surface area contributed by atoms with Crippen molar-refractivity contribution in [1.82, 2.24) is 15.2 Å². The van der Waals surface area contributed by atoms with Gasteiger partial charge in [-0.2, -0.15) is 0 Å². The zero-order valence-corrected chi connectivity index (χ0v) is 24.6. The molecular weight excluding hydrogens is 498 g/mol. The van der Waals surface area contributed by atoms with Gasteiger partial charge < -0.3 is 25.0 Å². The summed E-state index contributed by atoms with van der Waals surface area (Å²) in [6, 6.07) is 8.89. The Morgan fingerprint density at radius 1 is 1.05 bits per heavy atom. The van der Waals surface area contributed by atoms with E-state index in [1.165, 1.54) is 61.8 Å². The Morgan fingerprint density at radius 2 is 1.77 bits per heavy atom. The zero-order valence-electron chi connectivity index (χ0n) is 24.6. The van der Waals surface area contributed by atoms with Crippen LogP contribution < -0.4 is 10.1 Å². The summed E-state index contributed by atoms with van der Waals surface area (Å²) in [6.45, 7) is 11.3. The van der Waals surface area contributed by atoms with Gasteiger partial charge in [-0.25, -0.2) is 0 Å². The first-order valence-corrected chi connectivity index (χ1v) is 15.3. The number of hydrogen-bond acceptors (Lipinski definition) is 4. The molecule has 2 fully saturated rings. The number of rotatable bonds is 5. The highest BCUT2D eigenvalue weighted by atomic mass is 16.5. The molecule has 1 saturated carbocycles. The Kier molecular flexibility index (Phi) is 7.32. The predicted molar refractivity (Wildman–Crippen MR) is 160 cm³/mol. The number of nitrogens with zero attached hydrogens (tertiary/aromatic N) is 1. The highest BCUT2D eigenvalue weighted by Gasteiger charge is 2.42. The minimum Gasteiger partial charge on any atom is -0.507 e. The molecule has 0 unspecified atom stereocenters. The maximum atomic E-state index is 13.5. The maximum Gasteiger partial charge on any atom is 0.264 e. The average molecular weight is 544 g/mol. The summed E-state index contributed by atoms with van der Waals surface area (Å²) in [5, 5.41) is 15.2. The van der Waals surface area contributed by atoms with Crippen LogP contribution >= 0.6 is 0 Å². The standard InChI is InChI=1S/C34H45N3O3/c1-21-22(2)32-27(23(3)31(21)38)13-16-34(4,40-32)33(39)36-26-11-9-24(10-12-26)20-37-17-14-25(15-18-37)29-19-35-30-8-6-5-7-28(29)30/h5-8,19,24-26,35,38H,9-18,20H2,1-4H3,(H,36,39)/t24?,26?,34-/m0/s1. The third-order valence-corrected chi connectivity index (χ3v) is 10.3. The van der Waals surface area contributed by atoms with Crippen molar-refractivity contribution in [2.45, 2.75) is 96.6 Å². The normalized spacial score (nSPS) is 25.9. The van der Waals surface area contributed by atoms with Crippen molar-refractivity contribution >= 4 is 16.8 Å². The van der Waals surface area contributed by atoms with Crippen molar-refractivity contribution in [2.24, 2.45) is 5.92 Å². The molecule has 0 radical (unpaired) electrons. The van der Waals surface area contributed by atoms with Gasteiger partial charge in [0.05, 0.1) is 0 Å². The van der Waals surface area contributed by atoms with Crippen LogP contribution in [0, 0.1) is 26.7 Å². The van der Waals surface area contributed by atoms with E-state index in [0.29, 0.717) is 24.0 Å². The number of carbonyl (C=O) groups is 1. The number of likely N-dealkylation sites (tertiary alicyclic amines) is 1. The van der Waals surface area contributed by atoms with Crippen LogP contribution in [0.25, 0.3) is 10.9 Å². The minimum absolute atomic E-state index is 0.00346. The monoisotopic (exact) mass is 543 g/mol. The van der Waals surface area contributed by atoms with Crippen LogP contribution in [0.1, 0.15) is 85.6 Å². The first kappa shape index (κ1) is 27.2. The number of phenolic OH excluding ortho intramolecular Hbond substituents is 1. The average Bonchev–Trinajstić information content (AvgIpc) is 3.40. The van der Waals surface area contributed by atoms with Gasteiger partial charge in [0.1, 0.15) is 11.5 Å². The smallest absolute Gasteiger partial charge is 0.264 e. The van der Waals surface area contributed by atoms with Gasteiger partial charge in [-0.05, 0) is 126 Å². The number of piperidine rings is 1. The second-order valence-corrected chi connectivity index (χ2v) is 12.9. The number of para-hydroxylation sites is 1. The van der Waals surface area contributed by atoms with Crippen molar-refractivity contribution in [1.29, 1.82) is 0 Å². The van der Waals surface area contributed by atoms with Gasteiger partial charge in [-0.3, -0.25) is 4.79 Å². The summed E-state index contributed by atoms with van der Waals surface area (Å²) in [5.41, 5.74) is 5.55. The van der Waals surface area contributed by atoms with Gasteiger partial charge in [0.2, 0.25) is 0 Å². The van der Waals surface area contributed by atoms with E-state index in [9.17, 15) is 9.90 Å². The summed E-state index contributed by atoms with van der Waals surface area (Å²) in [5.74, 6) is 2.50. The number of hydrogen-bond donors (Lipinski definition) is 3. The predicted octanol–water partition coefficient (Wildman–Crippen LogP) is 6.44. The Labute approximate surface area is 238 Å². The fourth-order valence-electron chi connectivity index (χ4n) is 7.46. The second kappa shape index (κ2) is 10.8. The number of benzene rings is 2. The summed E-state index contributed by atoms with van der Waals surface area (Å²) in [4.78, 5) is 19.6. The van der Waals surface area contributed by atoms with Crippen LogP contribution in [-0.2, 0) is 11.2 Å². The second-order valence-electron chi connectivity index (χ2n) is 12.9. The maximum absolute atomic E-state index is 13.5. The molecule has 1 atom stereocenters. The lowest BCUT2D eigenvalue weighted by Gasteiger charge is -2.39. The number of carbonyl (C=O) groups excluding carboxylic acids is 1. The largest absolute Gasteiger partial charge is 0.507 e. The van der Waals surface area contributed by atoms with Crippen molar-refractivity contribution in [3.05, 3.63) is 58.3 Å².